The predicted octanol–water partition coefficient (Wildman–Crippen LogP) is 2.23. The summed E-state index contributed by atoms with van der Waals surface area (Å²) in [4.78, 5) is 12.2. The minimum Gasteiger partial charge on any atom is -0.480 e. The molecule has 3 nitrogen and oxygen atoms in total. The number of benzene rings is 1. The van der Waals surface area contributed by atoms with Gasteiger partial charge in [-0.1, -0.05) is 18.2 Å². The molecule has 0 fully saturated rings. The van der Waals surface area contributed by atoms with Crippen LogP contribution in [0.5, 0.6) is 0 Å². The number of carbonyl (C=O) groups is 1. The van der Waals surface area contributed by atoms with E-state index in [0.717, 1.165) is 5.75 Å². The monoisotopic (exact) mass is 239 g/mol. The number of nitrogens with one attached hydrogen (secondary N) is 1. The molecule has 1 unspecified atom stereocenters. The first-order chi connectivity index (χ1) is 7.58. The van der Waals surface area contributed by atoms with Gasteiger partial charge in [-0.2, -0.15) is 0 Å². The summed E-state index contributed by atoms with van der Waals surface area (Å²) in [5, 5.41) is 11.9. The lowest BCUT2D eigenvalue weighted by Gasteiger charge is -2.23. The van der Waals surface area contributed by atoms with Crippen molar-refractivity contribution in [2.24, 2.45) is 0 Å². The highest BCUT2D eigenvalue weighted by atomic mass is 32.2. The predicted molar refractivity (Wildman–Crippen MR) is 66.9 cm³/mol. The average molecular weight is 239 g/mol. The Morgan fingerprint density at radius 1 is 1.44 bits per heavy atom. The van der Waals surface area contributed by atoms with Gasteiger partial charge in [-0.15, -0.1) is 11.8 Å². The van der Waals surface area contributed by atoms with Gasteiger partial charge in [0.1, 0.15) is 5.54 Å². The number of hydrogen-bond acceptors (Lipinski definition) is 3. The molecule has 16 heavy (non-hydrogen) atoms. The molecule has 0 spiro atoms. The number of hydrogen-bond donors (Lipinski definition) is 2. The molecule has 1 aromatic carbocycles. The highest BCUT2D eigenvalue weighted by Crippen LogP contribution is 2.21. The van der Waals surface area contributed by atoms with E-state index >= 15 is 0 Å². The smallest absolute Gasteiger partial charge is 0.323 e. The van der Waals surface area contributed by atoms with Crippen LogP contribution in [0.4, 0.5) is 0 Å². The van der Waals surface area contributed by atoms with E-state index in [1.54, 1.807) is 25.7 Å². The lowest BCUT2D eigenvalue weighted by atomic mass is 10.00. The Hall–Kier alpha value is -1.00. The largest absolute Gasteiger partial charge is 0.480 e. The molecule has 0 saturated carbocycles. The third-order valence-electron chi connectivity index (χ3n) is 2.64. The SMILES string of the molecule is CNC(C)(CCSc1ccccc1)C(=O)O. The number of rotatable bonds is 6. The van der Waals surface area contributed by atoms with E-state index in [1.807, 2.05) is 30.3 Å². The summed E-state index contributed by atoms with van der Waals surface area (Å²) >= 11 is 1.68. The van der Waals surface area contributed by atoms with Gasteiger partial charge in [0.2, 0.25) is 0 Å². The molecule has 0 bridgehead atoms. The number of carboxylic acid groups (broad SMARTS) is 1. The zero-order valence-corrected chi connectivity index (χ0v) is 10.4. The van der Waals surface area contributed by atoms with Gasteiger partial charge in [-0.05, 0) is 32.5 Å². The molecule has 1 atom stereocenters. The average Bonchev–Trinajstić information content (AvgIpc) is 2.30. The fraction of sp³-hybridized carbons (Fsp3) is 0.417. The van der Waals surface area contributed by atoms with E-state index in [0.29, 0.717) is 6.42 Å². The van der Waals surface area contributed by atoms with Crippen LogP contribution in [0.25, 0.3) is 0 Å². The van der Waals surface area contributed by atoms with E-state index in [-0.39, 0.29) is 0 Å². The molecule has 4 heteroatoms. The van der Waals surface area contributed by atoms with Crippen molar-refractivity contribution in [2.45, 2.75) is 23.8 Å². The normalized spacial score (nSPS) is 14.4. The van der Waals surface area contributed by atoms with Crippen LogP contribution in [-0.4, -0.2) is 29.4 Å². The molecule has 2 N–H and O–H groups in total. The Balaban J connectivity index is 2.43. The zero-order valence-electron chi connectivity index (χ0n) is 9.56. The second-order valence-corrected chi connectivity index (χ2v) is 4.97. The fourth-order valence-corrected chi connectivity index (χ4v) is 2.32. The molecular formula is C12H17NO2S. The first-order valence-corrected chi connectivity index (χ1v) is 6.17. The third-order valence-corrected chi connectivity index (χ3v) is 3.65. The van der Waals surface area contributed by atoms with E-state index in [1.165, 1.54) is 4.90 Å². The molecule has 0 aliphatic heterocycles. The van der Waals surface area contributed by atoms with Gasteiger partial charge < -0.3 is 10.4 Å². The fourth-order valence-electron chi connectivity index (χ4n) is 1.23. The second kappa shape index (κ2) is 5.92. The van der Waals surface area contributed by atoms with Gasteiger partial charge in [-0.3, -0.25) is 4.79 Å². The van der Waals surface area contributed by atoms with Crippen LogP contribution in [0.3, 0.4) is 0 Å². The van der Waals surface area contributed by atoms with Crippen LogP contribution in [0.1, 0.15) is 13.3 Å². The molecule has 0 aromatic heterocycles. The van der Waals surface area contributed by atoms with Gasteiger partial charge in [-0.25, -0.2) is 0 Å². The summed E-state index contributed by atoms with van der Waals surface area (Å²) < 4.78 is 0. The first kappa shape index (κ1) is 13.1. The van der Waals surface area contributed by atoms with Crippen LogP contribution >= 0.6 is 11.8 Å². The van der Waals surface area contributed by atoms with Crippen molar-refractivity contribution < 1.29 is 9.90 Å². The van der Waals surface area contributed by atoms with Crippen LogP contribution in [0.15, 0.2) is 35.2 Å². The van der Waals surface area contributed by atoms with E-state index < -0.39 is 11.5 Å². The van der Waals surface area contributed by atoms with Crippen LogP contribution in [0.2, 0.25) is 0 Å². The molecular weight excluding hydrogens is 222 g/mol. The quantitative estimate of drug-likeness (QED) is 0.747. The highest BCUT2D eigenvalue weighted by molar-refractivity contribution is 7.99. The minimum absolute atomic E-state index is 0.596. The molecule has 0 heterocycles. The van der Waals surface area contributed by atoms with Crippen molar-refractivity contribution in [3.05, 3.63) is 30.3 Å². The molecule has 0 aliphatic carbocycles. The summed E-state index contributed by atoms with van der Waals surface area (Å²) in [7, 11) is 1.68. The Kier molecular flexibility index (Phi) is 4.83. The zero-order chi connectivity index (χ0) is 12.0. The number of aliphatic carboxylic acids is 1. The number of carboxylic acids is 1. The maximum absolute atomic E-state index is 11.0. The third kappa shape index (κ3) is 3.54. The van der Waals surface area contributed by atoms with Crippen molar-refractivity contribution >= 4 is 17.7 Å². The van der Waals surface area contributed by atoms with Gasteiger partial charge in [0.25, 0.3) is 0 Å². The Bertz CT molecular complexity index is 342. The summed E-state index contributed by atoms with van der Waals surface area (Å²) in [5.74, 6) is -0.0168. The maximum Gasteiger partial charge on any atom is 0.323 e. The first-order valence-electron chi connectivity index (χ1n) is 5.18. The Morgan fingerprint density at radius 3 is 2.56 bits per heavy atom. The molecule has 88 valence electrons. The summed E-state index contributed by atoms with van der Waals surface area (Å²) in [6, 6.07) is 10.00. The van der Waals surface area contributed by atoms with Crippen LogP contribution in [0, 0.1) is 0 Å². The molecule has 1 rings (SSSR count). The Morgan fingerprint density at radius 2 is 2.06 bits per heavy atom. The Labute approximate surface area is 100 Å². The van der Waals surface area contributed by atoms with Gasteiger partial charge in [0.05, 0.1) is 0 Å². The molecule has 0 amide bonds. The van der Waals surface area contributed by atoms with Gasteiger partial charge >= 0.3 is 5.97 Å². The molecule has 0 saturated heterocycles. The van der Waals surface area contributed by atoms with Crippen molar-refractivity contribution in [1.29, 1.82) is 0 Å². The maximum atomic E-state index is 11.0. The van der Waals surface area contributed by atoms with Crippen LogP contribution in [-0.2, 0) is 4.79 Å². The van der Waals surface area contributed by atoms with E-state index in [2.05, 4.69) is 5.32 Å². The minimum atomic E-state index is -0.832. The highest BCUT2D eigenvalue weighted by Gasteiger charge is 2.30. The topological polar surface area (TPSA) is 49.3 Å². The molecule has 0 aliphatic rings. The van der Waals surface area contributed by atoms with E-state index in [4.69, 9.17) is 5.11 Å². The van der Waals surface area contributed by atoms with Crippen molar-refractivity contribution in [1.82, 2.24) is 5.32 Å². The van der Waals surface area contributed by atoms with Crippen molar-refractivity contribution in [3.63, 3.8) is 0 Å². The van der Waals surface area contributed by atoms with Crippen molar-refractivity contribution in [2.75, 3.05) is 12.8 Å². The van der Waals surface area contributed by atoms with Gasteiger partial charge in [0.15, 0.2) is 0 Å². The van der Waals surface area contributed by atoms with Gasteiger partial charge in [0, 0.05) is 10.6 Å². The summed E-state index contributed by atoms with van der Waals surface area (Å²) in [6.07, 6.45) is 0.596. The van der Waals surface area contributed by atoms with E-state index in [9.17, 15) is 4.79 Å². The van der Waals surface area contributed by atoms with Crippen molar-refractivity contribution in [3.8, 4) is 0 Å². The summed E-state index contributed by atoms with van der Waals surface area (Å²) in [6.45, 7) is 1.71. The standard InChI is InChI=1S/C12H17NO2S/c1-12(13-2,11(14)15)8-9-16-10-6-4-3-5-7-10/h3-7,13H,8-9H2,1-2H3,(H,14,15). The number of likely N-dealkylation sites (N-methyl/N-ethyl adjacent to an activating group) is 1. The lowest BCUT2D eigenvalue weighted by molar-refractivity contribution is -0.144. The number of thioether (sulfide) groups is 1. The molecule has 0 radical (unpaired) electrons. The second-order valence-electron chi connectivity index (χ2n) is 3.80. The summed E-state index contributed by atoms with van der Waals surface area (Å²) in [5.41, 5.74) is -0.832. The van der Waals surface area contributed by atoms with Crippen LogP contribution < -0.4 is 5.32 Å². The lowest BCUT2D eigenvalue weighted by Crippen LogP contribution is -2.47. The molecule has 1 aromatic rings.